The van der Waals surface area contributed by atoms with Crippen molar-refractivity contribution >= 4 is 16.0 Å². The molecule has 3 fully saturated rings. The molecule has 2 saturated carbocycles. The number of esters is 1. The van der Waals surface area contributed by atoms with Crippen molar-refractivity contribution in [1.29, 1.82) is 0 Å². The number of hydrogen-bond donors (Lipinski definition) is 0. The van der Waals surface area contributed by atoms with Gasteiger partial charge in [0, 0.05) is 31.0 Å². The molecule has 6 rings (SSSR count). The van der Waals surface area contributed by atoms with Crippen LogP contribution in [0.1, 0.15) is 70.0 Å². The standard InChI is InChI=1S/C33H42N2O4S/c1-5-34(6-2)40(37,38)23-32-20-19-26(31(32,3)4)21-29(32)39-30(36)33-22-35(33)28(25-15-11-8-12-16-25)18-17-27(33)24-13-9-7-10-14-24/h7-18,26-29H,5-6,19-23H2,1-4H3/t26-,27+,28-,29-,32-,33-,35?/m1/s1. The van der Waals surface area contributed by atoms with Crippen LogP contribution in [0, 0.1) is 16.7 Å². The van der Waals surface area contributed by atoms with E-state index in [0.717, 1.165) is 30.4 Å². The number of carbonyl (C=O) groups excluding carboxylic acids is 1. The second-order valence-electron chi connectivity index (χ2n) is 12.8. The summed E-state index contributed by atoms with van der Waals surface area (Å²) in [6, 6.07) is 20.5. The van der Waals surface area contributed by atoms with E-state index in [9.17, 15) is 13.2 Å². The molecule has 0 amide bonds. The number of fused-ring (bicyclic) bond motifs is 3. The minimum absolute atomic E-state index is 0.00203. The topological polar surface area (TPSA) is 66.7 Å². The Bertz CT molecular complexity index is 1390. The number of hydrogen-bond acceptors (Lipinski definition) is 5. The summed E-state index contributed by atoms with van der Waals surface area (Å²) in [7, 11) is -3.50. The molecule has 214 valence electrons. The minimum Gasteiger partial charge on any atom is -0.460 e. The summed E-state index contributed by atoms with van der Waals surface area (Å²) >= 11 is 0. The van der Waals surface area contributed by atoms with Gasteiger partial charge in [-0.05, 0) is 41.7 Å². The van der Waals surface area contributed by atoms with Gasteiger partial charge in [-0.25, -0.2) is 17.5 Å². The van der Waals surface area contributed by atoms with Gasteiger partial charge in [0.2, 0.25) is 10.0 Å². The zero-order valence-electron chi connectivity index (χ0n) is 24.1. The minimum atomic E-state index is -3.50. The third-order valence-corrected chi connectivity index (χ3v) is 13.1. The molecule has 0 N–H and O–H groups in total. The zero-order chi connectivity index (χ0) is 28.3. The summed E-state index contributed by atoms with van der Waals surface area (Å²) in [4.78, 5) is 16.7. The van der Waals surface area contributed by atoms with E-state index in [1.165, 1.54) is 0 Å². The van der Waals surface area contributed by atoms with E-state index in [-0.39, 0.29) is 29.1 Å². The fourth-order valence-electron chi connectivity index (χ4n) is 8.40. The summed E-state index contributed by atoms with van der Waals surface area (Å²) in [5.74, 6) is 0.0510. The van der Waals surface area contributed by atoms with Crippen LogP contribution in [0.4, 0.5) is 0 Å². The van der Waals surface area contributed by atoms with Crippen molar-refractivity contribution in [3.63, 3.8) is 0 Å². The molecule has 7 heteroatoms. The van der Waals surface area contributed by atoms with Crippen LogP contribution in [-0.2, 0) is 19.6 Å². The lowest BCUT2D eigenvalue weighted by Crippen LogP contribution is -2.51. The smallest absolute Gasteiger partial charge is 0.329 e. The molecule has 6 nitrogen and oxygen atoms in total. The van der Waals surface area contributed by atoms with Gasteiger partial charge in [-0.2, -0.15) is 0 Å². The molecule has 0 spiro atoms. The normalized spacial score (nSPS) is 35.5. The highest BCUT2D eigenvalue weighted by atomic mass is 32.2. The summed E-state index contributed by atoms with van der Waals surface area (Å²) in [6.07, 6.45) is 6.48. The van der Waals surface area contributed by atoms with E-state index in [2.05, 4.69) is 55.2 Å². The van der Waals surface area contributed by atoms with Gasteiger partial charge in [-0.1, -0.05) is 101 Å². The largest absolute Gasteiger partial charge is 0.460 e. The lowest BCUT2D eigenvalue weighted by molar-refractivity contribution is -0.162. The summed E-state index contributed by atoms with van der Waals surface area (Å²) in [5.41, 5.74) is 0.648. The first-order valence-electron chi connectivity index (χ1n) is 14.8. The van der Waals surface area contributed by atoms with Gasteiger partial charge >= 0.3 is 5.97 Å². The zero-order valence-corrected chi connectivity index (χ0v) is 24.9. The van der Waals surface area contributed by atoms with Crippen molar-refractivity contribution in [2.24, 2.45) is 16.7 Å². The molecule has 0 radical (unpaired) electrons. The Morgan fingerprint density at radius 2 is 1.60 bits per heavy atom. The molecule has 2 aromatic carbocycles. The van der Waals surface area contributed by atoms with Crippen LogP contribution in [-0.4, -0.2) is 60.6 Å². The Morgan fingerprint density at radius 1 is 0.975 bits per heavy atom. The average molecular weight is 563 g/mol. The lowest BCUT2D eigenvalue weighted by Gasteiger charge is -2.43. The van der Waals surface area contributed by atoms with Crippen LogP contribution in [0.3, 0.4) is 0 Å². The van der Waals surface area contributed by atoms with Crippen molar-refractivity contribution in [2.75, 3.05) is 25.4 Å². The molecule has 7 atom stereocenters. The van der Waals surface area contributed by atoms with Gasteiger partial charge in [0.05, 0.1) is 11.8 Å². The highest BCUT2D eigenvalue weighted by molar-refractivity contribution is 7.89. The second kappa shape index (κ2) is 9.81. The molecule has 2 aromatic rings. The monoisotopic (exact) mass is 562 g/mol. The molecular formula is C33H42N2O4S. The molecule has 0 aromatic heterocycles. The molecule has 2 heterocycles. The van der Waals surface area contributed by atoms with Crippen molar-refractivity contribution in [3.8, 4) is 0 Å². The van der Waals surface area contributed by atoms with Gasteiger partial charge in [0.25, 0.3) is 0 Å². The molecule has 40 heavy (non-hydrogen) atoms. The van der Waals surface area contributed by atoms with Crippen LogP contribution in [0.15, 0.2) is 72.8 Å². The Hall–Kier alpha value is -2.48. The van der Waals surface area contributed by atoms with Gasteiger partial charge in [-0.3, -0.25) is 4.90 Å². The predicted molar refractivity (Wildman–Crippen MR) is 157 cm³/mol. The number of carbonyl (C=O) groups is 1. The third kappa shape index (κ3) is 4.03. The quantitative estimate of drug-likeness (QED) is 0.228. The van der Waals surface area contributed by atoms with Crippen molar-refractivity contribution in [2.45, 2.75) is 70.6 Å². The van der Waals surface area contributed by atoms with E-state index >= 15 is 0 Å². The maximum absolute atomic E-state index is 14.5. The van der Waals surface area contributed by atoms with Crippen LogP contribution in [0.25, 0.3) is 0 Å². The van der Waals surface area contributed by atoms with Crippen molar-refractivity contribution in [3.05, 3.63) is 83.9 Å². The number of ether oxygens (including phenoxy) is 1. The van der Waals surface area contributed by atoms with Crippen LogP contribution in [0.2, 0.25) is 0 Å². The number of benzene rings is 2. The Balaban J connectivity index is 1.34. The van der Waals surface area contributed by atoms with Crippen molar-refractivity contribution in [1.82, 2.24) is 9.21 Å². The predicted octanol–water partition coefficient (Wildman–Crippen LogP) is 5.55. The molecule has 2 aliphatic heterocycles. The Kier molecular flexibility index (Phi) is 6.79. The number of sulfonamides is 1. The first kappa shape index (κ1) is 27.7. The van der Waals surface area contributed by atoms with Gasteiger partial charge in [0.1, 0.15) is 11.6 Å². The van der Waals surface area contributed by atoms with Gasteiger partial charge in [0.15, 0.2) is 0 Å². The number of nitrogens with zero attached hydrogens (tertiary/aromatic N) is 2. The van der Waals surface area contributed by atoms with Crippen LogP contribution in [0.5, 0.6) is 0 Å². The molecule has 4 aliphatic rings. The SMILES string of the molecule is CCN(CC)S(=O)(=O)C[C@]12CC[C@H](C[C@H]1OC(=O)[C@]13CN1[C@@H](c1ccccc1)C=C[C@H]3c1ccccc1)C2(C)C. The van der Waals surface area contributed by atoms with E-state index < -0.39 is 27.1 Å². The fourth-order valence-corrected chi connectivity index (χ4v) is 10.7. The highest BCUT2D eigenvalue weighted by Crippen LogP contribution is 2.67. The molecule has 1 unspecified atom stereocenters. The molecule has 2 aliphatic carbocycles. The van der Waals surface area contributed by atoms with Crippen LogP contribution < -0.4 is 0 Å². The Morgan fingerprint density at radius 3 is 2.20 bits per heavy atom. The lowest BCUT2D eigenvalue weighted by atomic mass is 9.69. The second-order valence-corrected chi connectivity index (χ2v) is 14.7. The van der Waals surface area contributed by atoms with Crippen LogP contribution >= 0.6 is 0 Å². The maximum atomic E-state index is 14.5. The first-order chi connectivity index (χ1) is 19.1. The fraction of sp³-hybridized carbons (Fsp3) is 0.545. The average Bonchev–Trinajstić information content (AvgIpc) is 3.63. The van der Waals surface area contributed by atoms with E-state index in [0.29, 0.717) is 25.6 Å². The maximum Gasteiger partial charge on any atom is 0.329 e. The van der Waals surface area contributed by atoms with Gasteiger partial charge < -0.3 is 4.74 Å². The summed E-state index contributed by atoms with van der Waals surface area (Å²) in [6.45, 7) is 9.68. The highest BCUT2D eigenvalue weighted by Gasteiger charge is 2.71. The first-order valence-corrected chi connectivity index (χ1v) is 16.5. The van der Waals surface area contributed by atoms with E-state index in [1.54, 1.807) is 4.31 Å². The molecule has 1 saturated heterocycles. The van der Waals surface area contributed by atoms with E-state index in [4.69, 9.17) is 4.74 Å². The van der Waals surface area contributed by atoms with Crippen molar-refractivity contribution < 1.29 is 17.9 Å². The summed E-state index contributed by atoms with van der Waals surface area (Å²) < 4.78 is 35.4. The van der Waals surface area contributed by atoms with Gasteiger partial charge in [-0.15, -0.1) is 0 Å². The summed E-state index contributed by atoms with van der Waals surface area (Å²) in [5, 5.41) is 0. The van der Waals surface area contributed by atoms with E-state index in [1.807, 2.05) is 50.2 Å². The third-order valence-electron chi connectivity index (χ3n) is 11.0. The Labute approximate surface area is 239 Å². The molecule has 2 bridgehead atoms. The molecular weight excluding hydrogens is 520 g/mol. The number of rotatable bonds is 9.